The van der Waals surface area contributed by atoms with Crippen LogP contribution in [0.5, 0.6) is 0 Å². The van der Waals surface area contributed by atoms with Crippen LogP contribution < -0.4 is 0 Å². The molecule has 1 fully saturated rings. The average Bonchev–Trinajstić information content (AvgIpc) is 2.75. The van der Waals surface area contributed by atoms with Crippen LogP contribution in [0.4, 0.5) is 0 Å². The van der Waals surface area contributed by atoms with Gasteiger partial charge in [-0.25, -0.2) is 13.4 Å². The number of aliphatic hydroxyl groups is 1. The second-order valence-corrected chi connectivity index (χ2v) is 6.34. The van der Waals surface area contributed by atoms with E-state index in [1.165, 1.54) is 16.8 Å². The van der Waals surface area contributed by atoms with Gasteiger partial charge in [-0.1, -0.05) is 0 Å². The molecule has 1 N–H and O–H groups in total. The Morgan fingerprint density at radius 1 is 1.56 bits per heavy atom. The molecule has 1 saturated heterocycles. The van der Waals surface area contributed by atoms with Gasteiger partial charge in [0.25, 0.3) is 10.0 Å². The summed E-state index contributed by atoms with van der Waals surface area (Å²) in [6, 6.07) is 0. The molecule has 102 valence electrons. The number of hydrogen-bond acceptors (Lipinski definition) is 5. The van der Waals surface area contributed by atoms with E-state index in [4.69, 9.17) is 9.84 Å². The fourth-order valence-corrected chi connectivity index (χ4v) is 3.47. The molecule has 1 aliphatic rings. The van der Waals surface area contributed by atoms with Gasteiger partial charge in [0.05, 0.1) is 25.1 Å². The summed E-state index contributed by atoms with van der Waals surface area (Å²) in [5.74, 6) is 0. The zero-order valence-electron chi connectivity index (χ0n) is 10.4. The van der Waals surface area contributed by atoms with Crippen LogP contribution in [0.2, 0.25) is 0 Å². The third-order valence-corrected chi connectivity index (χ3v) is 4.50. The first-order valence-corrected chi connectivity index (χ1v) is 7.12. The predicted molar refractivity (Wildman–Crippen MR) is 63.4 cm³/mol. The number of aliphatic hydroxyl groups excluding tert-OH is 1. The van der Waals surface area contributed by atoms with Crippen LogP contribution in [0.3, 0.4) is 0 Å². The van der Waals surface area contributed by atoms with Crippen molar-refractivity contribution in [3.63, 3.8) is 0 Å². The van der Waals surface area contributed by atoms with E-state index in [-0.39, 0.29) is 30.8 Å². The molecule has 0 radical (unpaired) electrons. The highest BCUT2D eigenvalue weighted by atomic mass is 32.2. The molecule has 0 aromatic carbocycles. The Hall–Kier alpha value is -0.960. The minimum absolute atomic E-state index is 0.0239. The second kappa shape index (κ2) is 4.96. The predicted octanol–water partition coefficient (Wildman–Crippen LogP) is -0.810. The Labute approximate surface area is 106 Å². The molecule has 1 aromatic rings. The molecule has 0 bridgehead atoms. The van der Waals surface area contributed by atoms with Crippen molar-refractivity contribution in [2.75, 3.05) is 19.7 Å². The van der Waals surface area contributed by atoms with E-state index in [0.717, 1.165) is 0 Å². The molecule has 0 spiro atoms. The molecule has 2 atom stereocenters. The van der Waals surface area contributed by atoms with Crippen LogP contribution >= 0.6 is 0 Å². The van der Waals surface area contributed by atoms with Crippen molar-refractivity contribution >= 4 is 10.0 Å². The maximum Gasteiger partial charge on any atom is 0.262 e. The number of morpholine rings is 1. The Balaban J connectivity index is 2.24. The molecule has 1 aromatic heterocycles. The molecule has 8 heteroatoms. The summed E-state index contributed by atoms with van der Waals surface area (Å²) in [6.07, 6.45) is 2.19. The molecule has 0 aliphatic carbocycles. The van der Waals surface area contributed by atoms with Gasteiger partial charge >= 0.3 is 0 Å². The first kappa shape index (κ1) is 13.5. The number of imidazole rings is 1. The summed E-state index contributed by atoms with van der Waals surface area (Å²) in [6.45, 7) is 2.01. The van der Waals surface area contributed by atoms with E-state index in [9.17, 15) is 8.42 Å². The molecule has 7 nitrogen and oxygen atoms in total. The van der Waals surface area contributed by atoms with Crippen molar-refractivity contribution in [3.8, 4) is 0 Å². The molecule has 0 amide bonds. The fraction of sp³-hybridized carbons (Fsp3) is 0.700. The zero-order chi connectivity index (χ0) is 13.3. The van der Waals surface area contributed by atoms with Gasteiger partial charge in [-0.3, -0.25) is 0 Å². The van der Waals surface area contributed by atoms with Crippen LogP contribution in [-0.2, 0) is 21.8 Å². The third-order valence-electron chi connectivity index (χ3n) is 2.78. The van der Waals surface area contributed by atoms with E-state index in [2.05, 4.69) is 4.98 Å². The number of aromatic nitrogens is 2. The number of sulfonamides is 1. The monoisotopic (exact) mass is 275 g/mol. The van der Waals surface area contributed by atoms with Gasteiger partial charge in [0.2, 0.25) is 0 Å². The highest BCUT2D eigenvalue weighted by molar-refractivity contribution is 7.89. The van der Waals surface area contributed by atoms with Gasteiger partial charge in [0.15, 0.2) is 5.03 Å². The van der Waals surface area contributed by atoms with Gasteiger partial charge in [0, 0.05) is 26.3 Å². The van der Waals surface area contributed by atoms with E-state index < -0.39 is 16.1 Å². The summed E-state index contributed by atoms with van der Waals surface area (Å²) in [5, 5.41) is 9.12. The van der Waals surface area contributed by atoms with E-state index in [0.29, 0.717) is 0 Å². The lowest BCUT2D eigenvalue weighted by molar-refractivity contribution is -0.0750. The molecular weight excluding hydrogens is 258 g/mol. The van der Waals surface area contributed by atoms with Crippen molar-refractivity contribution in [1.82, 2.24) is 13.9 Å². The van der Waals surface area contributed by atoms with Gasteiger partial charge < -0.3 is 14.4 Å². The maximum atomic E-state index is 12.3. The normalized spacial score (nSPS) is 26.4. The minimum atomic E-state index is -3.61. The number of aryl methyl sites for hydroxylation is 1. The Kier molecular flexibility index (Phi) is 3.71. The fourth-order valence-electron chi connectivity index (χ4n) is 1.95. The Morgan fingerprint density at radius 3 is 2.83 bits per heavy atom. The molecular formula is C10H17N3O4S. The van der Waals surface area contributed by atoms with Crippen LogP contribution in [0.25, 0.3) is 0 Å². The highest BCUT2D eigenvalue weighted by Gasteiger charge is 2.34. The lowest BCUT2D eigenvalue weighted by Crippen LogP contribution is -2.50. The van der Waals surface area contributed by atoms with Gasteiger partial charge in [-0.05, 0) is 6.92 Å². The summed E-state index contributed by atoms with van der Waals surface area (Å²) in [5.41, 5.74) is 0. The van der Waals surface area contributed by atoms with E-state index in [1.54, 1.807) is 18.5 Å². The third kappa shape index (κ3) is 2.56. The van der Waals surface area contributed by atoms with Crippen molar-refractivity contribution in [1.29, 1.82) is 0 Å². The topological polar surface area (TPSA) is 84.7 Å². The maximum absolute atomic E-state index is 12.3. The largest absolute Gasteiger partial charge is 0.394 e. The first-order valence-electron chi connectivity index (χ1n) is 5.68. The summed E-state index contributed by atoms with van der Waals surface area (Å²) in [7, 11) is -1.89. The Bertz CT molecular complexity index is 513. The molecule has 2 heterocycles. The van der Waals surface area contributed by atoms with Crippen LogP contribution in [0.15, 0.2) is 17.6 Å². The lowest BCUT2D eigenvalue weighted by atomic mass is 10.2. The van der Waals surface area contributed by atoms with Crippen molar-refractivity contribution in [3.05, 3.63) is 12.5 Å². The van der Waals surface area contributed by atoms with Gasteiger partial charge in [-0.15, -0.1) is 0 Å². The highest BCUT2D eigenvalue weighted by Crippen LogP contribution is 2.19. The summed E-state index contributed by atoms with van der Waals surface area (Å²) >= 11 is 0. The number of nitrogens with zero attached hydrogens (tertiary/aromatic N) is 3. The SMILES string of the molecule is CC1CN(S(=O)(=O)c2cn(C)cn2)CC(CO)O1. The smallest absolute Gasteiger partial charge is 0.262 e. The zero-order valence-corrected chi connectivity index (χ0v) is 11.2. The van der Waals surface area contributed by atoms with Crippen LogP contribution in [-0.4, -0.2) is 59.3 Å². The van der Waals surface area contributed by atoms with Crippen LogP contribution in [0.1, 0.15) is 6.92 Å². The van der Waals surface area contributed by atoms with Gasteiger partial charge in [-0.2, -0.15) is 4.31 Å². The van der Waals surface area contributed by atoms with Crippen molar-refractivity contribution in [2.45, 2.75) is 24.2 Å². The van der Waals surface area contributed by atoms with Crippen molar-refractivity contribution < 1.29 is 18.3 Å². The van der Waals surface area contributed by atoms with E-state index in [1.807, 2.05) is 0 Å². The lowest BCUT2D eigenvalue weighted by Gasteiger charge is -2.34. The number of rotatable bonds is 3. The minimum Gasteiger partial charge on any atom is -0.394 e. The molecule has 1 aliphatic heterocycles. The molecule has 2 unspecified atom stereocenters. The van der Waals surface area contributed by atoms with E-state index >= 15 is 0 Å². The average molecular weight is 275 g/mol. The quantitative estimate of drug-likeness (QED) is 0.780. The molecule has 18 heavy (non-hydrogen) atoms. The summed E-state index contributed by atoms with van der Waals surface area (Å²) < 4.78 is 33.0. The summed E-state index contributed by atoms with van der Waals surface area (Å²) in [4.78, 5) is 3.87. The first-order chi connectivity index (χ1) is 8.43. The molecule has 0 saturated carbocycles. The second-order valence-electron chi connectivity index (χ2n) is 4.45. The van der Waals surface area contributed by atoms with Gasteiger partial charge in [0.1, 0.15) is 0 Å². The Morgan fingerprint density at radius 2 is 2.28 bits per heavy atom. The van der Waals surface area contributed by atoms with Crippen LogP contribution in [0, 0.1) is 0 Å². The molecule has 2 rings (SSSR count). The standard InChI is InChI=1S/C10H17N3O4S/c1-8-3-13(4-9(6-14)17-8)18(15,16)10-5-12(2)7-11-10/h5,7-9,14H,3-4,6H2,1-2H3. The van der Waals surface area contributed by atoms with Crippen molar-refractivity contribution in [2.24, 2.45) is 7.05 Å². The number of ether oxygens (including phenoxy) is 1. The number of hydrogen-bond donors (Lipinski definition) is 1.